The van der Waals surface area contributed by atoms with Gasteiger partial charge in [-0.1, -0.05) is 48.5 Å². The Morgan fingerprint density at radius 2 is 1.62 bits per heavy atom. The first-order valence-corrected chi connectivity index (χ1v) is 7.93. The molecular formula is C19H24N2. The second-order valence-electron chi connectivity index (χ2n) is 5.89. The number of aryl methyl sites for hydroxylation is 1. The fourth-order valence-electron chi connectivity index (χ4n) is 3.26. The van der Waals surface area contributed by atoms with Crippen LogP contribution in [-0.2, 0) is 25.9 Å². The fourth-order valence-corrected chi connectivity index (χ4v) is 3.26. The minimum Gasteiger partial charge on any atom is -0.330 e. The highest BCUT2D eigenvalue weighted by Crippen LogP contribution is 2.21. The van der Waals surface area contributed by atoms with Crippen molar-refractivity contribution in [3.63, 3.8) is 0 Å². The molecule has 0 aromatic heterocycles. The monoisotopic (exact) mass is 280 g/mol. The molecule has 0 aliphatic carbocycles. The lowest BCUT2D eigenvalue weighted by atomic mass is 10.0. The second kappa shape index (κ2) is 6.88. The van der Waals surface area contributed by atoms with Gasteiger partial charge in [0.25, 0.3) is 0 Å². The standard InChI is InChI=1S/C19H24N2/c20-12-11-17-7-2-4-9-19(17)15-21-13-5-10-16-6-1-3-8-18(16)14-21/h1-4,6-9H,5,10-15,20H2. The summed E-state index contributed by atoms with van der Waals surface area (Å²) in [6.07, 6.45) is 3.42. The molecule has 0 unspecified atom stereocenters. The zero-order valence-corrected chi connectivity index (χ0v) is 12.6. The van der Waals surface area contributed by atoms with Crippen molar-refractivity contribution >= 4 is 0 Å². The van der Waals surface area contributed by atoms with Crippen LogP contribution in [0.1, 0.15) is 28.7 Å². The van der Waals surface area contributed by atoms with Crippen molar-refractivity contribution in [1.82, 2.24) is 4.90 Å². The second-order valence-corrected chi connectivity index (χ2v) is 5.89. The molecule has 0 radical (unpaired) electrons. The van der Waals surface area contributed by atoms with Crippen molar-refractivity contribution in [2.45, 2.75) is 32.4 Å². The van der Waals surface area contributed by atoms with E-state index in [4.69, 9.17) is 5.73 Å². The maximum Gasteiger partial charge on any atom is 0.0240 e. The normalized spacial score (nSPS) is 15.5. The Hall–Kier alpha value is -1.64. The van der Waals surface area contributed by atoms with E-state index < -0.39 is 0 Å². The third kappa shape index (κ3) is 3.52. The molecule has 21 heavy (non-hydrogen) atoms. The van der Waals surface area contributed by atoms with Gasteiger partial charge in [-0.05, 0) is 54.6 Å². The van der Waals surface area contributed by atoms with Crippen LogP contribution in [0.2, 0.25) is 0 Å². The van der Waals surface area contributed by atoms with E-state index in [9.17, 15) is 0 Å². The Labute approximate surface area is 127 Å². The van der Waals surface area contributed by atoms with Gasteiger partial charge in [0.1, 0.15) is 0 Å². The first kappa shape index (κ1) is 14.3. The summed E-state index contributed by atoms with van der Waals surface area (Å²) in [7, 11) is 0. The molecule has 0 saturated heterocycles. The number of benzene rings is 2. The molecule has 3 rings (SSSR count). The molecule has 0 saturated carbocycles. The Bertz CT molecular complexity index is 592. The molecule has 1 aliphatic rings. The van der Waals surface area contributed by atoms with E-state index in [1.165, 1.54) is 41.6 Å². The lowest BCUT2D eigenvalue weighted by Crippen LogP contribution is -2.23. The number of hydrogen-bond acceptors (Lipinski definition) is 2. The van der Waals surface area contributed by atoms with E-state index in [1.54, 1.807) is 0 Å². The van der Waals surface area contributed by atoms with Crippen molar-refractivity contribution in [3.8, 4) is 0 Å². The van der Waals surface area contributed by atoms with Crippen molar-refractivity contribution in [2.24, 2.45) is 5.73 Å². The van der Waals surface area contributed by atoms with Crippen LogP contribution in [-0.4, -0.2) is 18.0 Å². The van der Waals surface area contributed by atoms with Gasteiger partial charge in [-0.3, -0.25) is 4.90 Å². The molecule has 0 fully saturated rings. The van der Waals surface area contributed by atoms with Crippen LogP contribution < -0.4 is 5.73 Å². The Morgan fingerprint density at radius 1 is 0.905 bits per heavy atom. The SMILES string of the molecule is NCCc1ccccc1CN1CCCc2ccccc2C1. The molecule has 2 heteroatoms. The number of hydrogen-bond donors (Lipinski definition) is 1. The van der Waals surface area contributed by atoms with Crippen molar-refractivity contribution < 1.29 is 0 Å². The summed E-state index contributed by atoms with van der Waals surface area (Å²) in [5.74, 6) is 0. The molecule has 2 aromatic carbocycles. The van der Waals surface area contributed by atoms with Gasteiger partial charge < -0.3 is 5.73 Å². The fraction of sp³-hybridized carbons (Fsp3) is 0.368. The topological polar surface area (TPSA) is 29.3 Å². The summed E-state index contributed by atoms with van der Waals surface area (Å²) in [5, 5.41) is 0. The largest absolute Gasteiger partial charge is 0.330 e. The highest BCUT2D eigenvalue weighted by molar-refractivity contribution is 5.30. The van der Waals surface area contributed by atoms with Crippen LogP contribution in [0, 0.1) is 0 Å². The molecule has 2 nitrogen and oxygen atoms in total. The zero-order valence-electron chi connectivity index (χ0n) is 12.6. The quantitative estimate of drug-likeness (QED) is 0.932. The van der Waals surface area contributed by atoms with Gasteiger partial charge >= 0.3 is 0 Å². The minimum absolute atomic E-state index is 0.722. The number of fused-ring (bicyclic) bond motifs is 1. The van der Waals surface area contributed by atoms with Crippen LogP contribution in [0.3, 0.4) is 0 Å². The first-order chi connectivity index (χ1) is 10.4. The van der Waals surface area contributed by atoms with Gasteiger partial charge in [0.05, 0.1) is 0 Å². The predicted molar refractivity (Wildman–Crippen MR) is 88.1 cm³/mol. The molecule has 1 heterocycles. The molecule has 0 bridgehead atoms. The summed E-state index contributed by atoms with van der Waals surface area (Å²) in [6, 6.07) is 17.6. The maximum atomic E-state index is 5.74. The first-order valence-electron chi connectivity index (χ1n) is 7.93. The van der Waals surface area contributed by atoms with Gasteiger partial charge in [0.2, 0.25) is 0 Å². The molecular weight excluding hydrogens is 256 g/mol. The molecule has 110 valence electrons. The van der Waals surface area contributed by atoms with E-state index in [0.29, 0.717) is 0 Å². The average Bonchev–Trinajstić information content (AvgIpc) is 2.71. The third-order valence-corrected chi connectivity index (χ3v) is 4.36. The lowest BCUT2D eigenvalue weighted by Gasteiger charge is -2.22. The Balaban J connectivity index is 1.76. The van der Waals surface area contributed by atoms with Crippen LogP contribution in [0.5, 0.6) is 0 Å². The van der Waals surface area contributed by atoms with Crippen molar-refractivity contribution in [1.29, 1.82) is 0 Å². The number of nitrogens with two attached hydrogens (primary N) is 1. The smallest absolute Gasteiger partial charge is 0.0240 e. The van der Waals surface area contributed by atoms with Crippen LogP contribution >= 0.6 is 0 Å². The van der Waals surface area contributed by atoms with Crippen molar-refractivity contribution in [3.05, 3.63) is 70.8 Å². The third-order valence-electron chi connectivity index (χ3n) is 4.36. The summed E-state index contributed by atoms with van der Waals surface area (Å²) >= 11 is 0. The predicted octanol–water partition coefficient (Wildman–Crippen LogP) is 3.14. The van der Waals surface area contributed by atoms with Gasteiger partial charge in [-0.25, -0.2) is 0 Å². The van der Waals surface area contributed by atoms with Crippen LogP contribution in [0.4, 0.5) is 0 Å². The Kier molecular flexibility index (Phi) is 4.69. The van der Waals surface area contributed by atoms with E-state index in [0.717, 1.165) is 26.1 Å². The van der Waals surface area contributed by atoms with Gasteiger partial charge in [-0.2, -0.15) is 0 Å². The molecule has 0 spiro atoms. The van der Waals surface area contributed by atoms with Gasteiger partial charge in [0.15, 0.2) is 0 Å². The molecule has 0 amide bonds. The van der Waals surface area contributed by atoms with E-state index in [2.05, 4.69) is 53.4 Å². The average molecular weight is 280 g/mol. The van der Waals surface area contributed by atoms with E-state index >= 15 is 0 Å². The van der Waals surface area contributed by atoms with Gasteiger partial charge in [0, 0.05) is 13.1 Å². The number of nitrogens with zero attached hydrogens (tertiary/aromatic N) is 1. The summed E-state index contributed by atoms with van der Waals surface area (Å²) in [5.41, 5.74) is 11.6. The number of rotatable bonds is 4. The molecule has 0 atom stereocenters. The van der Waals surface area contributed by atoms with Gasteiger partial charge in [-0.15, -0.1) is 0 Å². The zero-order chi connectivity index (χ0) is 14.5. The van der Waals surface area contributed by atoms with Crippen molar-refractivity contribution in [2.75, 3.05) is 13.1 Å². The maximum absolute atomic E-state index is 5.74. The highest BCUT2D eigenvalue weighted by atomic mass is 15.1. The molecule has 2 N–H and O–H groups in total. The van der Waals surface area contributed by atoms with Crippen LogP contribution in [0.15, 0.2) is 48.5 Å². The summed E-state index contributed by atoms with van der Waals surface area (Å²) in [6.45, 7) is 3.99. The van der Waals surface area contributed by atoms with E-state index in [-0.39, 0.29) is 0 Å². The summed E-state index contributed by atoms with van der Waals surface area (Å²) < 4.78 is 0. The highest BCUT2D eigenvalue weighted by Gasteiger charge is 2.15. The van der Waals surface area contributed by atoms with E-state index in [1.807, 2.05) is 0 Å². The molecule has 1 aliphatic heterocycles. The van der Waals surface area contributed by atoms with Crippen LogP contribution in [0.25, 0.3) is 0 Å². The minimum atomic E-state index is 0.722. The summed E-state index contributed by atoms with van der Waals surface area (Å²) in [4.78, 5) is 2.57. The molecule has 2 aromatic rings. The Morgan fingerprint density at radius 3 is 2.43 bits per heavy atom. The lowest BCUT2D eigenvalue weighted by molar-refractivity contribution is 0.260.